The van der Waals surface area contributed by atoms with Crippen molar-refractivity contribution in [3.63, 3.8) is 0 Å². The fraction of sp³-hybridized carbons (Fsp3) is 0.500. The molecule has 0 aliphatic heterocycles. The van der Waals surface area contributed by atoms with Crippen molar-refractivity contribution in [2.75, 3.05) is 18.7 Å². The van der Waals surface area contributed by atoms with Gasteiger partial charge < -0.3 is 14.0 Å². The summed E-state index contributed by atoms with van der Waals surface area (Å²) in [5.41, 5.74) is 1.30. The Balaban J connectivity index is 2.08. The number of ether oxygens (including phenoxy) is 2. The van der Waals surface area contributed by atoms with Crippen molar-refractivity contribution >= 4 is 36.4 Å². The average molecular weight is 409 g/mol. The van der Waals surface area contributed by atoms with Gasteiger partial charge in [0.2, 0.25) is 0 Å². The molecule has 0 aliphatic carbocycles. The molecular formula is C20H28NO4PS. The predicted octanol–water partition coefficient (Wildman–Crippen LogP) is 5.19. The minimum absolute atomic E-state index is 0.314. The molecule has 0 N–H and O–H groups in total. The molecule has 0 bridgehead atoms. The summed E-state index contributed by atoms with van der Waals surface area (Å²) in [5.74, 6) is -1.39. The van der Waals surface area contributed by atoms with Gasteiger partial charge in [-0.15, -0.1) is 0 Å². The number of carbonyl (C=O) groups excluding carboxylic acids is 1. The van der Waals surface area contributed by atoms with Crippen LogP contribution in [0.25, 0.3) is 10.9 Å². The Bertz CT molecular complexity index is 770. The zero-order valence-electron chi connectivity index (χ0n) is 16.1. The topological polar surface area (TPSA) is 65.5 Å². The first-order valence-corrected chi connectivity index (χ1v) is 12.1. The van der Waals surface area contributed by atoms with Crippen LogP contribution in [0.2, 0.25) is 0 Å². The van der Waals surface area contributed by atoms with E-state index in [9.17, 15) is 9.36 Å². The molecule has 148 valence electrons. The maximum Gasteiger partial charge on any atom is 0.312 e. The molecule has 1 aromatic heterocycles. The van der Waals surface area contributed by atoms with E-state index in [2.05, 4.69) is 4.98 Å². The van der Waals surface area contributed by atoms with Gasteiger partial charge in [0.1, 0.15) is 13.6 Å². The van der Waals surface area contributed by atoms with E-state index >= 15 is 0 Å². The van der Waals surface area contributed by atoms with E-state index in [1.54, 1.807) is 6.92 Å². The van der Waals surface area contributed by atoms with E-state index in [0.29, 0.717) is 25.1 Å². The standard InChI is InChI=1S/C20H28NO4PS/c1-4-9-16(19(22)24-5-2)20(25-6-3)26(23)14-27-18-13-12-15-10-7-8-11-17(15)21-18/h7-8,10-13,16,20,26H,4-6,9,14H2,1-3H3. The number of para-hydroxylation sites is 1. The van der Waals surface area contributed by atoms with Crippen LogP contribution in [0.5, 0.6) is 0 Å². The van der Waals surface area contributed by atoms with Gasteiger partial charge in [0, 0.05) is 12.0 Å². The van der Waals surface area contributed by atoms with Gasteiger partial charge in [0.05, 0.1) is 28.6 Å². The number of hydrogen-bond acceptors (Lipinski definition) is 6. The van der Waals surface area contributed by atoms with Crippen LogP contribution in [0, 0.1) is 5.92 Å². The predicted molar refractivity (Wildman–Crippen MR) is 112 cm³/mol. The first kappa shape index (κ1) is 21.9. The Kier molecular flexibility index (Phi) is 9.32. The zero-order chi connectivity index (χ0) is 19.6. The third kappa shape index (κ3) is 6.34. The Morgan fingerprint density at radius 2 is 1.93 bits per heavy atom. The van der Waals surface area contributed by atoms with Gasteiger partial charge in [0.15, 0.2) is 0 Å². The molecule has 1 heterocycles. The van der Waals surface area contributed by atoms with Crippen LogP contribution in [-0.4, -0.2) is 35.5 Å². The summed E-state index contributed by atoms with van der Waals surface area (Å²) in [6, 6.07) is 11.9. The van der Waals surface area contributed by atoms with Crippen molar-refractivity contribution in [2.45, 2.75) is 44.5 Å². The van der Waals surface area contributed by atoms with Crippen molar-refractivity contribution in [3.05, 3.63) is 36.4 Å². The highest BCUT2D eigenvalue weighted by molar-refractivity contribution is 8.03. The minimum atomic E-state index is -2.17. The van der Waals surface area contributed by atoms with Gasteiger partial charge in [0.25, 0.3) is 0 Å². The van der Waals surface area contributed by atoms with Crippen LogP contribution in [0.3, 0.4) is 0 Å². The number of carbonyl (C=O) groups is 1. The summed E-state index contributed by atoms with van der Waals surface area (Å²) in [6.45, 7) is 6.36. The average Bonchev–Trinajstić information content (AvgIpc) is 2.68. The molecule has 7 heteroatoms. The lowest BCUT2D eigenvalue weighted by atomic mass is 10.1. The number of nitrogens with zero attached hydrogens (tertiary/aromatic N) is 1. The van der Waals surface area contributed by atoms with E-state index in [1.165, 1.54) is 11.8 Å². The smallest absolute Gasteiger partial charge is 0.312 e. The third-order valence-corrected chi connectivity index (χ3v) is 7.60. The lowest BCUT2D eigenvalue weighted by molar-refractivity contribution is -0.151. The molecule has 0 fully saturated rings. The number of hydrogen-bond donors (Lipinski definition) is 0. The maximum absolute atomic E-state index is 13.0. The number of thioether (sulfide) groups is 1. The van der Waals surface area contributed by atoms with Crippen molar-refractivity contribution < 1.29 is 18.8 Å². The molecule has 2 aromatic rings. The first-order chi connectivity index (χ1) is 13.1. The summed E-state index contributed by atoms with van der Waals surface area (Å²) in [5, 5.41) is 1.90. The van der Waals surface area contributed by atoms with Crippen molar-refractivity contribution in [1.82, 2.24) is 4.98 Å². The number of aromatic nitrogens is 1. The van der Waals surface area contributed by atoms with Gasteiger partial charge in [-0.2, -0.15) is 0 Å². The zero-order valence-corrected chi connectivity index (χ0v) is 18.0. The summed E-state index contributed by atoms with van der Waals surface area (Å²) < 4.78 is 23.9. The van der Waals surface area contributed by atoms with E-state index < -0.39 is 19.6 Å². The fourth-order valence-corrected chi connectivity index (χ4v) is 6.17. The molecular weight excluding hydrogens is 381 g/mol. The quantitative estimate of drug-likeness (QED) is 0.289. The number of esters is 1. The molecule has 2 rings (SSSR count). The maximum atomic E-state index is 13.0. The molecule has 0 amide bonds. The van der Waals surface area contributed by atoms with E-state index in [4.69, 9.17) is 9.47 Å². The number of fused-ring (bicyclic) bond motifs is 1. The van der Waals surface area contributed by atoms with Crippen LogP contribution >= 0.6 is 19.6 Å². The Labute approximate surface area is 166 Å². The second-order valence-electron chi connectivity index (χ2n) is 6.12. The van der Waals surface area contributed by atoms with Crippen molar-refractivity contribution in [1.29, 1.82) is 0 Å². The van der Waals surface area contributed by atoms with E-state index in [-0.39, 0.29) is 5.97 Å². The molecule has 5 nitrogen and oxygen atoms in total. The lowest BCUT2D eigenvalue weighted by Gasteiger charge is -2.24. The second-order valence-corrected chi connectivity index (χ2v) is 9.48. The van der Waals surface area contributed by atoms with Gasteiger partial charge >= 0.3 is 5.97 Å². The van der Waals surface area contributed by atoms with Crippen molar-refractivity contribution in [3.8, 4) is 0 Å². The Hall–Kier alpha value is -1.36. The SMILES string of the molecule is CCCC(C(=O)OCC)C(OCC)[PH](=O)CSc1ccc2ccccc2n1. The van der Waals surface area contributed by atoms with Gasteiger partial charge in [-0.05, 0) is 32.4 Å². The van der Waals surface area contributed by atoms with E-state index in [1.807, 2.05) is 50.2 Å². The number of rotatable bonds is 11. The molecule has 0 saturated heterocycles. The monoisotopic (exact) mass is 409 g/mol. The Morgan fingerprint density at radius 1 is 1.15 bits per heavy atom. The van der Waals surface area contributed by atoms with Gasteiger partial charge in [-0.3, -0.25) is 4.79 Å². The van der Waals surface area contributed by atoms with Crippen LogP contribution in [-0.2, 0) is 18.8 Å². The normalized spacial score (nSPS) is 14.6. The largest absolute Gasteiger partial charge is 0.466 e. The molecule has 0 radical (unpaired) electrons. The molecule has 0 spiro atoms. The van der Waals surface area contributed by atoms with Gasteiger partial charge in [-0.1, -0.05) is 49.4 Å². The molecule has 3 unspecified atom stereocenters. The number of benzene rings is 1. The van der Waals surface area contributed by atoms with Crippen LogP contribution in [0.4, 0.5) is 0 Å². The van der Waals surface area contributed by atoms with Crippen LogP contribution in [0.15, 0.2) is 41.4 Å². The summed E-state index contributed by atoms with van der Waals surface area (Å²) >= 11 is 1.45. The van der Waals surface area contributed by atoms with E-state index in [0.717, 1.165) is 22.3 Å². The molecule has 27 heavy (non-hydrogen) atoms. The first-order valence-electron chi connectivity index (χ1n) is 9.40. The summed E-state index contributed by atoms with van der Waals surface area (Å²) in [6.07, 6.45) is 1.42. The molecule has 3 atom stereocenters. The highest BCUT2D eigenvalue weighted by Crippen LogP contribution is 2.41. The second kappa shape index (κ2) is 11.5. The van der Waals surface area contributed by atoms with Gasteiger partial charge in [-0.25, -0.2) is 4.98 Å². The molecule has 1 aromatic carbocycles. The molecule has 0 saturated carbocycles. The summed E-state index contributed by atoms with van der Waals surface area (Å²) in [4.78, 5) is 16.9. The van der Waals surface area contributed by atoms with Crippen LogP contribution in [0.1, 0.15) is 33.6 Å². The number of pyridine rings is 1. The highest BCUT2D eigenvalue weighted by Gasteiger charge is 2.33. The summed E-state index contributed by atoms with van der Waals surface area (Å²) in [7, 11) is -2.17. The molecule has 0 aliphatic rings. The Morgan fingerprint density at radius 3 is 2.63 bits per heavy atom. The minimum Gasteiger partial charge on any atom is -0.466 e. The highest BCUT2D eigenvalue weighted by atomic mass is 32.2. The third-order valence-electron chi connectivity index (χ3n) is 4.15. The van der Waals surface area contributed by atoms with Crippen LogP contribution < -0.4 is 0 Å². The lowest BCUT2D eigenvalue weighted by Crippen LogP contribution is -2.30. The van der Waals surface area contributed by atoms with Crippen molar-refractivity contribution in [2.24, 2.45) is 5.92 Å². The fourth-order valence-electron chi connectivity index (χ4n) is 2.92.